The first kappa shape index (κ1) is 17.8. The van der Waals surface area contributed by atoms with Crippen LogP contribution in [0.3, 0.4) is 0 Å². The summed E-state index contributed by atoms with van der Waals surface area (Å²) in [5.74, 6) is -0.312. The standard InChI is InChI=1S/C17H16N4O4S/c18-26(24,25)13-7-5-12(6-8-13)20-16(22)9-10-21-11-19-15-4-2-1-3-14(15)17(21)23/h1-8,11H,9-10H2,(H,20,22)(H2,18,24,25). The van der Waals surface area contributed by atoms with Crippen molar-refractivity contribution in [1.82, 2.24) is 9.55 Å². The number of primary sulfonamides is 1. The van der Waals surface area contributed by atoms with Crippen molar-refractivity contribution in [2.75, 3.05) is 5.32 Å². The molecule has 0 fully saturated rings. The van der Waals surface area contributed by atoms with Gasteiger partial charge in [-0.25, -0.2) is 18.5 Å². The van der Waals surface area contributed by atoms with Crippen molar-refractivity contribution in [2.45, 2.75) is 17.9 Å². The summed E-state index contributed by atoms with van der Waals surface area (Å²) in [7, 11) is -3.77. The largest absolute Gasteiger partial charge is 0.326 e. The van der Waals surface area contributed by atoms with Crippen LogP contribution >= 0.6 is 0 Å². The van der Waals surface area contributed by atoms with Gasteiger partial charge < -0.3 is 5.32 Å². The molecule has 0 saturated carbocycles. The average molecular weight is 372 g/mol. The van der Waals surface area contributed by atoms with Crippen LogP contribution in [0.5, 0.6) is 0 Å². The van der Waals surface area contributed by atoms with Gasteiger partial charge in [-0.05, 0) is 36.4 Å². The van der Waals surface area contributed by atoms with Gasteiger partial charge in [0.15, 0.2) is 0 Å². The quantitative estimate of drug-likeness (QED) is 0.693. The van der Waals surface area contributed by atoms with Crippen LogP contribution in [-0.2, 0) is 21.4 Å². The second kappa shape index (κ2) is 7.06. The van der Waals surface area contributed by atoms with Crippen LogP contribution in [0, 0.1) is 0 Å². The summed E-state index contributed by atoms with van der Waals surface area (Å²) in [5.41, 5.74) is 0.834. The lowest BCUT2D eigenvalue weighted by Crippen LogP contribution is -2.23. The highest BCUT2D eigenvalue weighted by Crippen LogP contribution is 2.13. The van der Waals surface area contributed by atoms with E-state index in [1.165, 1.54) is 35.2 Å². The summed E-state index contributed by atoms with van der Waals surface area (Å²) in [5, 5.41) is 8.15. The van der Waals surface area contributed by atoms with Crippen molar-refractivity contribution in [3.05, 3.63) is 65.2 Å². The summed E-state index contributed by atoms with van der Waals surface area (Å²) >= 11 is 0. The van der Waals surface area contributed by atoms with Crippen molar-refractivity contribution < 1.29 is 13.2 Å². The predicted molar refractivity (Wildman–Crippen MR) is 97.1 cm³/mol. The zero-order chi connectivity index (χ0) is 18.7. The molecule has 3 N–H and O–H groups in total. The van der Waals surface area contributed by atoms with Gasteiger partial charge in [-0.3, -0.25) is 14.2 Å². The molecule has 0 radical (unpaired) electrons. The van der Waals surface area contributed by atoms with Gasteiger partial charge in [0.25, 0.3) is 5.56 Å². The molecule has 26 heavy (non-hydrogen) atoms. The Morgan fingerprint density at radius 3 is 2.50 bits per heavy atom. The maximum absolute atomic E-state index is 12.4. The number of carbonyl (C=O) groups excluding carboxylic acids is 1. The Morgan fingerprint density at radius 2 is 1.81 bits per heavy atom. The first-order chi connectivity index (χ1) is 12.3. The van der Waals surface area contributed by atoms with Gasteiger partial charge in [-0.2, -0.15) is 0 Å². The summed E-state index contributed by atoms with van der Waals surface area (Å²) in [6, 6.07) is 12.5. The number of sulfonamides is 1. The van der Waals surface area contributed by atoms with E-state index in [4.69, 9.17) is 5.14 Å². The number of nitrogens with zero attached hydrogens (tertiary/aromatic N) is 2. The van der Waals surface area contributed by atoms with Gasteiger partial charge in [0, 0.05) is 18.7 Å². The minimum Gasteiger partial charge on any atom is -0.326 e. The molecular weight excluding hydrogens is 356 g/mol. The van der Waals surface area contributed by atoms with Crippen molar-refractivity contribution in [3.63, 3.8) is 0 Å². The topological polar surface area (TPSA) is 124 Å². The lowest BCUT2D eigenvalue weighted by atomic mass is 10.2. The van der Waals surface area contributed by atoms with Crippen LogP contribution in [0.2, 0.25) is 0 Å². The van der Waals surface area contributed by atoms with Crippen molar-refractivity contribution >= 4 is 32.5 Å². The van der Waals surface area contributed by atoms with E-state index in [0.29, 0.717) is 16.6 Å². The minimum atomic E-state index is -3.77. The number of hydrogen-bond acceptors (Lipinski definition) is 5. The van der Waals surface area contributed by atoms with Gasteiger partial charge in [-0.1, -0.05) is 12.1 Å². The van der Waals surface area contributed by atoms with E-state index in [2.05, 4.69) is 10.3 Å². The summed E-state index contributed by atoms with van der Waals surface area (Å²) in [6.07, 6.45) is 1.48. The van der Waals surface area contributed by atoms with Gasteiger partial charge in [0.05, 0.1) is 22.1 Å². The summed E-state index contributed by atoms with van der Waals surface area (Å²) in [4.78, 5) is 28.6. The number of nitrogens with one attached hydrogen (secondary N) is 1. The molecule has 1 aromatic heterocycles. The number of anilines is 1. The van der Waals surface area contributed by atoms with E-state index in [1.807, 2.05) is 0 Å². The number of fused-ring (bicyclic) bond motifs is 1. The number of amides is 1. The predicted octanol–water partition coefficient (Wildman–Crippen LogP) is 1.07. The third-order valence-electron chi connectivity index (χ3n) is 3.78. The van der Waals surface area contributed by atoms with Crippen LogP contribution in [0.4, 0.5) is 5.69 Å². The van der Waals surface area contributed by atoms with E-state index in [9.17, 15) is 18.0 Å². The molecule has 0 aliphatic rings. The third-order valence-corrected chi connectivity index (χ3v) is 4.71. The number of carbonyl (C=O) groups is 1. The Labute approximate surface area is 149 Å². The third kappa shape index (κ3) is 3.95. The first-order valence-corrected chi connectivity index (χ1v) is 9.26. The number of benzene rings is 2. The molecule has 0 unspecified atom stereocenters. The van der Waals surface area contributed by atoms with Crippen LogP contribution in [0.15, 0.2) is 64.5 Å². The van der Waals surface area contributed by atoms with Crippen molar-refractivity contribution in [1.29, 1.82) is 0 Å². The molecule has 8 nitrogen and oxygen atoms in total. The van der Waals surface area contributed by atoms with Crippen molar-refractivity contribution in [3.8, 4) is 0 Å². The monoisotopic (exact) mass is 372 g/mol. The molecule has 3 aromatic rings. The van der Waals surface area contributed by atoms with Crippen LogP contribution in [0.1, 0.15) is 6.42 Å². The molecule has 0 saturated heterocycles. The number of hydrogen-bond donors (Lipinski definition) is 2. The highest BCUT2D eigenvalue weighted by atomic mass is 32.2. The van der Waals surface area contributed by atoms with Gasteiger partial charge in [0.1, 0.15) is 0 Å². The van der Waals surface area contributed by atoms with Crippen LogP contribution < -0.4 is 16.0 Å². The lowest BCUT2D eigenvalue weighted by Gasteiger charge is -2.08. The van der Waals surface area contributed by atoms with Crippen LogP contribution in [0.25, 0.3) is 10.9 Å². The van der Waals surface area contributed by atoms with E-state index in [0.717, 1.165) is 0 Å². The second-order valence-corrected chi connectivity index (χ2v) is 7.19. The Hall–Kier alpha value is -3.04. The van der Waals surface area contributed by atoms with E-state index >= 15 is 0 Å². The van der Waals surface area contributed by atoms with Gasteiger partial charge in [-0.15, -0.1) is 0 Å². The number of aromatic nitrogens is 2. The zero-order valence-electron chi connectivity index (χ0n) is 13.6. The second-order valence-electron chi connectivity index (χ2n) is 5.63. The highest BCUT2D eigenvalue weighted by Gasteiger charge is 2.09. The molecule has 0 atom stereocenters. The maximum atomic E-state index is 12.4. The molecule has 0 spiro atoms. The normalized spacial score (nSPS) is 11.4. The van der Waals surface area contributed by atoms with E-state index in [1.54, 1.807) is 24.3 Å². The molecule has 2 aromatic carbocycles. The molecule has 134 valence electrons. The molecular formula is C17H16N4O4S. The summed E-state index contributed by atoms with van der Waals surface area (Å²) < 4.78 is 23.8. The Kier molecular flexibility index (Phi) is 4.83. The number of nitrogens with two attached hydrogens (primary N) is 1. The number of rotatable bonds is 5. The minimum absolute atomic E-state index is 0.0377. The first-order valence-electron chi connectivity index (χ1n) is 7.71. The maximum Gasteiger partial charge on any atom is 0.261 e. The Balaban J connectivity index is 1.66. The Bertz CT molecular complexity index is 1120. The van der Waals surface area contributed by atoms with Crippen LogP contribution in [-0.4, -0.2) is 23.9 Å². The summed E-state index contributed by atoms with van der Waals surface area (Å²) in [6.45, 7) is 0.178. The van der Waals surface area contributed by atoms with Crippen molar-refractivity contribution in [2.24, 2.45) is 5.14 Å². The molecule has 1 heterocycles. The van der Waals surface area contributed by atoms with Gasteiger partial charge >= 0.3 is 0 Å². The Morgan fingerprint density at radius 1 is 1.12 bits per heavy atom. The average Bonchev–Trinajstić information content (AvgIpc) is 2.61. The lowest BCUT2D eigenvalue weighted by molar-refractivity contribution is -0.116. The zero-order valence-corrected chi connectivity index (χ0v) is 14.4. The smallest absolute Gasteiger partial charge is 0.261 e. The molecule has 9 heteroatoms. The number of para-hydroxylation sites is 1. The molecule has 0 aliphatic carbocycles. The molecule has 0 aliphatic heterocycles. The fourth-order valence-electron chi connectivity index (χ4n) is 2.44. The van der Waals surface area contributed by atoms with E-state index in [-0.39, 0.29) is 29.3 Å². The fourth-order valence-corrected chi connectivity index (χ4v) is 2.95. The van der Waals surface area contributed by atoms with Gasteiger partial charge in [0.2, 0.25) is 15.9 Å². The highest BCUT2D eigenvalue weighted by molar-refractivity contribution is 7.89. The SMILES string of the molecule is NS(=O)(=O)c1ccc(NC(=O)CCn2cnc3ccccc3c2=O)cc1. The molecule has 3 rings (SSSR count). The molecule has 0 bridgehead atoms. The fraction of sp³-hybridized carbons (Fsp3) is 0.118. The number of aryl methyl sites for hydroxylation is 1. The van der Waals surface area contributed by atoms with E-state index < -0.39 is 10.0 Å². The molecule has 1 amide bonds.